The largest absolute Gasteiger partial charge is 0.492 e. The SMILES string of the molecule is CC1=CCN(C(=O)C2C3C(=O)N(CCOc4ccccc4)C[C@@]34C=C[C@@H]2O4)CC1. The maximum atomic E-state index is 13.3. The van der Waals surface area contributed by atoms with Crippen molar-refractivity contribution in [2.45, 2.75) is 25.0 Å². The molecule has 2 amide bonds. The molecule has 2 bridgehead atoms. The van der Waals surface area contributed by atoms with E-state index in [0.717, 1.165) is 18.7 Å². The number of carbonyl (C=O) groups excluding carboxylic acids is 2. The van der Waals surface area contributed by atoms with E-state index in [9.17, 15) is 9.59 Å². The van der Waals surface area contributed by atoms with Gasteiger partial charge in [0.1, 0.15) is 18.0 Å². The fraction of sp³-hybridized carbons (Fsp3) is 0.478. The van der Waals surface area contributed by atoms with Crippen LogP contribution in [0, 0.1) is 11.8 Å². The molecule has 2 saturated heterocycles. The Morgan fingerprint density at radius 1 is 1.31 bits per heavy atom. The van der Waals surface area contributed by atoms with Gasteiger partial charge in [-0.1, -0.05) is 42.0 Å². The standard InChI is InChI=1S/C23H26N2O4/c1-16-8-11-24(12-9-16)21(26)19-18-7-10-23(29-18)15-25(22(27)20(19)23)13-14-28-17-5-3-2-4-6-17/h2-8,10,18-20H,9,11-15H2,1H3/t18-,19?,20?,23-/m0/s1. The Morgan fingerprint density at radius 2 is 2.14 bits per heavy atom. The summed E-state index contributed by atoms with van der Waals surface area (Å²) in [6, 6.07) is 9.58. The summed E-state index contributed by atoms with van der Waals surface area (Å²) in [4.78, 5) is 30.2. The van der Waals surface area contributed by atoms with Crippen LogP contribution in [0.3, 0.4) is 0 Å². The Kier molecular flexibility index (Phi) is 4.46. The van der Waals surface area contributed by atoms with Gasteiger partial charge in [-0.25, -0.2) is 0 Å². The van der Waals surface area contributed by atoms with Crippen LogP contribution in [0.1, 0.15) is 13.3 Å². The van der Waals surface area contributed by atoms with E-state index in [-0.39, 0.29) is 17.9 Å². The van der Waals surface area contributed by atoms with Crippen molar-refractivity contribution in [3.8, 4) is 5.75 Å². The van der Waals surface area contributed by atoms with Crippen LogP contribution in [-0.4, -0.2) is 66.1 Å². The molecule has 2 unspecified atom stereocenters. The number of rotatable bonds is 5. The third-order valence-electron chi connectivity index (χ3n) is 6.58. The van der Waals surface area contributed by atoms with Gasteiger partial charge in [-0.05, 0) is 25.5 Å². The Hall–Kier alpha value is -2.60. The van der Waals surface area contributed by atoms with Crippen LogP contribution >= 0.6 is 0 Å². The van der Waals surface area contributed by atoms with Crippen molar-refractivity contribution >= 4 is 11.8 Å². The fourth-order valence-corrected chi connectivity index (χ4v) is 5.02. The topological polar surface area (TPSA) is 59.1 Å². The Bertz CT molecular complexity index is 880. The van der Waals surface area contributed by atoms with Crippen molar-refractivity contribution < 1.29 is 19.1 Å². The van der Waals surface area contributed by atoms with E-state index in [1.807, 2.05) is 47.4 Å². The highest BCUT2D eigenvalue weighted by Crippen LogP contribution is 2.52. The summed E-state index contributed by atoms with van der Waals surface area (Å²) in [6.45, 7) is 4.83. The molecule has 0 saturated carbocycles. The molecule has 0 aromatic heterocycles. The van der Waals surface area contributed by atoms with Crippen LogP contribution in [0.25, 0.3) is 0 Å². The minimum Gasteiger partial charge on any atom is -0.492 e. The molecule has 152 valence electrons. The molecule has 1 aromatic carbocycles. The van der Waals surface area contributed by atoms with Gasteiger partial charge in [-0.2, -0.15) is 0 Å². The minimum absolute atomic E-state index is 0.00981. The number of likely N-dealkylation sites (tertiary alicyclic amines) is 1. The van der Waals surface area contributed by atoms with Gasteiger partial charge in [-0.15, -0.1) is 0 Å². The van der Waals surface area contributed by atoms with Crippen molar-refractivity contribution in [1.82, 2.24) is 9.80 Å². The van der Waals surface area contributed by atoms with E-state index < -0.39 is 17.4 Å². The lowest BCUT2D eigenvalue weighted by atomic mass is 9.76. The van der Waals surface area contributed by atoms with Gasteiger partial charge >= 0.3 is 0 Å². The van der Waals surface area contributed by atoms with Crippen molar-refractivity contribution in [3.05, 3.63) is 54.1 Å². The molecule has 4 heterocycles. The molecule has 6 heteroatoms. The predicted octanol–water partition coefficient (Wildman–Crippen LogP) is 2.03. The highest BCUT2D eigenvalue weighted by atomic mass is 16.5. The summed E-state index contributed by atoms with van der Waals surface area (Å²) in [5, 5.41) is 0. The first-order chi connectivity index (χ1) is 14.1. The summed E-state index contributed by atoms with van der Waals surface area (Å²) in [5.74, 6) is 0.00506. The van der Waals surface area contributed by atoms with Gasteiger partial charge in [0, 0.05) is 13.1 Å². The predicted molar refractivity (Wildman–Crippen MR) is 107 cm³/mol. The maximum Gasteiger partial charge on any atom is 0.230 e. The summed E-state index contributed by atoms with van der Waals surface area (Å²) in [7, 11) is 0. The van der Waals surface area contributed by atoms with Crippen molar-refractivity contribution in [2.24, 2.45) is 11.8 Å². The molecule has 4 aliphatic rings. The fourth-order valence-electron chi connectivity index (χ4n) is 5.02. The van der Waals surface area contributed by atoms with Gasteiger partial charge in [0.15, 0.2) is 0 Å². The summed E-state index contributed by atoms with van der Waals surface area (Å²) in [5.41, 5.74) is 0.659. The molecule has 0 N–H and O–H groups in total. The molecular formula is C23H26N2O4. The number of hydrogen-bond donors (Lipinski definition) is 0. The minimum atomic E-state index is -0.656. The quantitative estimate of drug-likeness (QED) is 0.717. The summed E-state index contributed by atoms with van der Waals surface area (Å²) < 4.78 is 12.0. The van der Waals surface area contributed by atoms with E-state index in [2.05, 4.69) is 13.0 Å². The molecular weight excluding hydrogens is 368 g/mol. The average Bonchev–Trinajstić information content (AvgIpc) is 3.37. The van der Waals surface area contributed by atoms with E-state index in [4.69, 9.17) is 9.47 Å². The first kappa shape index (κ1) is 18.4. The van der Waals surface area contributed by atoms with Gasteiger partial charge in [0.25, 0.3) is 0 Å². The highest BCUT2D eigenvalue weighted by molar-refractivity contribution is 5.93. The average molecular weight is 394 g/mol. The number of carbonyl (C=O) groups is 2. The van der Waals surface area contributed by atoms with Crippen molar-refractivity contribution in [3.63, 3.8) is 0 Å². The van der Waals surface area contributed by atoms with Crippen LogP contribution in [-0.2, 0) is 14.3 Å². The second kappa shape index (κ2) is 7.02. The van der Waals surface area contributed by atoms with Crippen LogP contribution in [0.4, 0.5) is 0 Å². The molecule has 4 aliphatic heterocycles. The molecule has 0 aliphatic carbocycles. The van der Waals surface area contributed by atoms with Gasteiger partial charge in [0.2, 0.25) is 11.8 Å². The van der Waals surface area contributed by atoms with Crippen LogP contribution in [0.2, 0.25) is 0 Å². The van der Waals surface area contributed by atoms with Gasteiger partial charge in [0.05, 0.1) is 31.0 Å². The molecule has 4 atom stereocenters. The zero-order chi connectivity index (χ0) is 20.0. The number of benzene rings is 1. The van der Waals surface area contributed by atoms with Crippen molar-refractivity contribution in [2.75, 3.05) is 32.8 Å². The first-order valence-electron chi connectivity index (χ1n) is 10.4. The van der Waals surface area contributed by atoms with E-state index in [0.29, 0.717) is 26.2 Å². The van der Waals surface area contributed by atoms with Crippen LogP contribution < -0.4 is 4.74 Å². The monoisotopic (exact) mass is 394 g/mol. The van der Waals surface area contributed by atoms with Gasteiger partial charge < -0.3 is 19.3 Å². The van der Waals surface area contributed by atoms with Gasteiger partial charge in [-0.3, -0.25) is 9.59 Å². The molecule has 29 heavy (non-hydrogen) atoms. The number of ether oxygens (including phenoxy) is 2. The number of fused-ring (bicyclic) bond motifs is 1. The Morgan fingerprint density at radius 3 is 2.90 bits per heavy atom. The molecule has 5 rings (SSSR count). The second-order valence-electron chi connectivity index (χ2n) is 8.41. The molecule has 0 radical (unpaired) electrons. The summed E-state index contributed by atoms with van der Waals surface area (Å²) >= 11 is 0. The maximum absolute atomic E-state index is 13.3. The lowest BCUT2D eigenvalue weighted by Gasteiger charge is -2.31. The number of nitrogens with zero attached hydrogens (tertiary/aromatic N) is 2. The third kappa shape index (κ3) is 3.06. The first-order valence-corrected chi connectivity index (χ1v) is 10.4. The normalized spacial score (nSPS) is 32.5. The molecule has 1 spiro atoms. The van der Waals surface area contributed by atoms with Crippen LogP contribution in [0.15, 0.2) is 54.1 Å². The molecule has 1 aromatic rings. The molecule has 2 fully saturated rings. The third-order valence-corrected chi connectivity index (χ3v) is 6.58. The number of amides is 2. The zero-order valence-electron chi connectivity index (χ0n) is 16.6. The summed E-state index contributed by atoms with van der Waals surface area (Å²) in [6.07, 6.45) is 6.69. The lowest BCUT2D eigenvalue weighted by Crippen LogP contribution is -2.47. The van der Waals surface area contributed by atoms with E-state index >= 15 is 0 Å². The molecule has 6 nitrogen and oxygen atoms in total. The number of hydrogen-bond acceptors (Lipinski definition) is 4. The Balaban J connectivity index is 1.28. The van der Waals surface area contributed by atoms with Crippen molar-refractivity contribution in [1.29, 1.82) is 0 Å². The highest BCUT2D eigenvalue weighted by Gasteiger charge is 2.67. The zero-order valence-corrected chi connectivity index (χ0v) is 16.6. The number of para-hydroxylation sites is 1. The smallest absolute Gasteiger partial charge is 0.230 e. The van der Waals surface area contributed by atoms with E-state index in [1.54, 1.807) is 4.90 Å². The second-order valence-corrected chi connectivity index (χ2v) is 8.41. The van der Waals surface area contributed by atoms with E-state index in [1.165, 1.54) is 5.57 Å². The lowest BCUT2D eigenvalue weighted by molar-refractivity contribution is -0.143. The Labute approximate surface area is 170 Å². The van der Waals surface area contributed by atoms with Crippen LogP contribution in [0.5, 0.6) is 5.75 Å².